The van der Waals surface area contributed by atoms with Gasteiger partial charge in [-0.25, -0.2) is 0 Å². The normalized spacial score (nSPS) is 20.7. The summed E-state index contributed by atoms with van der Waals surface area (Å²) in [5, 5.41) is 0. The van der Waals surface area contributed by atoms with Crippen molar-refractivity contribution in [3.63, 3.8) is 0 Å². The van der Waals surface area contributed by atoms with E-state index in [1.165, 1.54) is 175 Å². The van der Waals surface area contributed by atoms with E-state index in [2.05, 4.69) is 113 Å². The molecule has 0 spiro atoms. The Morgan fingerprint density at radius 2 is 0.831 bits per heavy atom. The van der Waals surface area contributed by atoms with Crippen LogP contribution in [0.5, 0.6) is 0 Å². The van der Waals surface area contributed by atoms with Gasteiger partial charge in [0.25, 0.3) is 0 Å². The van der Waals surface area contributed by atoms with Crippen molar-refractivity contribution >= 4 is 0 Å². The maximum atomic E-state index is 7.71. The molecule has 320 valence electrons. The minimum absolute atomic E-state index is 0.0869. The maximum Gasteiger partial charge on any atom is 0.0861 e. The molecule has 2 heterocycles. The predicted molar refractivity (Wildman–Crippen MR) is 252 cm³/mol. The van der Waals surface area contributed by atoms with E-state index < -0.39 is 0 Å². The van der Waals surface area contributed by atoms with Crippen LogP contribution in [-0.4, -0.2) is 9.97 Å². The number of pyridine rings is 2. The van der Waals surface area contributed by atoms with Gasteiger partial charge in [0.2, 0.25) is 0 Å². The van der Waals surface area contributed by atoms with E-state index >= 15 is 0 Å². The average Bonchev–Trinajstić information content (AvgIpc) is 3.28. The lowest BCUT2D eigenvalue weighted by Gasteiger charge is -2.40. The third kappa shape index (κ3) is 13.9. The molecular weight excluding hydrogens is 717 g/mol. The molecule has 2 aromatic carbocycles. The van der Waals surface area contributed by atoms with Crippen molar-refractivity contribution < 1.29 is 4.74 Å². The molecule has 2 aliphatic carbocycles. The fraction of sp³-hybridized carbons (Fsp3) is 0.607. The number of hydrogen-bond donors (Lipinski definition) is 0. The van der Waals surface area contributed by atoms with Crippen LogP contribution in [0.25, 0.3) is 22.5 Å². The molecule has 0 radical (unpaired) electrons. The molecule has 0 aliphatic heterocycles. The smallest absolute Gasteiger partial charge is 0.0861 e. The highest BCUT2D eigenvalue weighted by atomic mass is 16.5. The quantitative estimate of drug-likeness (QED) is 0.0663. The molecule has 0 N–H and O–H groups in total. The summed E-state index contributed by atoms with van der Waals surface area (Å²) in [7, 11) is 0. The molecule has 3 heteroatoms. The van der Waals surface area contributed by atoms with E-state index in [9.17, 15) is 0 Å². The topological polar surface area (TPSA) is 35.0 Å². The minimum Gasteiger partial charge on any atom is -0.365 e. The Hall–Kier alpha value is -3.30. The van der Waals surface area contributed by atoms with Gasteiger partial charge in [-0.3, -0.25) is 9.97 Å². The van der Waals surface area contributed by atoms with Gasteiger partial charge in [-0.15, -0.1) is 0 Å². The lowest BCUT2D eigenvalue weighted by molar-refractivity contribution is -0.0907. The Bertz CT molecular complexity index is 1570. The third-order valence-corrected chi connectivity index (χ3v) is 14.2. The summed E-state index contributed by atoms with van der Waals surface area (Å²) in [6.45, 7) is 9.27. The van der Waals surface area contributed by atoms with Gasteiger partial charge in [-0.1, -0.05) is 191 Å². The second-order valence-corrected chi connectivity index (χ2v) is 18.8. The molecule has 3 nitrogen and oxygen atoms in total. The van der Waals surface area contributed by atoms with Crippen LogP contribution in [0.15, 0.2) is 85.2 Å². The number of unbranched alkanes of at least 4 members (excludes halogenated alkanes) is 8. The molecule has 4 aromatic rings. The molecular formula is C56H80N2O. The molecule has 2 saturated carbocycles. The zero-order chi connectivity index (χ0) is 41.1. The van der Waals surface area contributed by atoms with Crippen LogP contribution in [0, 0.1) is 23.7 Å². The highest BCUT2D eigenvalue weighted by Gasteiger charge is 2.35. The van der Waals surface area contributed by atoms with E-state index in [0.717, 1.165) is 36.1 Å². The summed E-state index contributed by atoms with van der Waals surface area (Å²) >= 11 is 0. The largest absolute Gasteiger partial charge is 0.365 e. The number of hydrogen-bond acceptors (Lipinski definition) is 3. The Balaban J connectivity index is 1.21. The average molecular weight is 797 g/mol. The van der Waals surface area contributed by atoms with Crippen LogP contribution in [0.2, 0.25) is 0 Å². The summed E-state index contributed by atoms with van der Waals surface area (Å²) in [6.07, 6.45) is 35.4. The van der Waals surface area contributed by atoms with Crippen LogP contribution in [-0.2, 0) is 17.6 Å². The number of aromatic nitrogens is 2. The Morgan fingerprint density at radius 1 is 0.441 bits per heavy atom. The van der Waals surface area contributed by atoms with E-state index in [-0.39, 0.29) is 12.2 Å². The van der Waals surface area contributed by atoms with E-state index in [1.54, 1.807) is 0 Å². The van der Waals surface area contributed by atoms with Gasteiger partial charge in [-0.2, -0.15) is 0 Å². The zero-order valence-corrected chi connectivity index (χ0v) is 37.8. The molecule has 2 aliphatic rings. The van der Waals surface area contributed by atoms with Crippen molar-refractivity contribution in [1.29, 1.82) is 0 Å². The first-order valence-corrected chi connectivity index (χ1v) is 24.8. The number of aryl methyl sites for hydroxylation is 2. The highest BCUT2D eigenvalue weighted by molar-refractivity contribution is 5.60. The van der Waals surface area contributed by atoms with Crippen LogP contribution in [0.4, 0.5) is 0 Å². The van der Waals surface area contributed by atoms with Crippen LogP contribution in [0.3, 0.4) is 0 Å². The highest BCUT2D eigenvalue weighted by Crippen LogP contribution is 2.47. The SMILES string of the molecule is CCCCCCCc1ccc(-c2ccc(C(OC(c3ccc(-c4ccc(CCCCCCC)cn4)cc3)[C@H]3CC[C@H](CCC)CC3)[C@H]3CC[C@H](CCC)CC3)cc2)nc1. The fourth-order valence-corrected chi connectivity index (χ4v) is 10.5. The lowest BCUT2D eigenvalue weighted by atomic mass is 9.75. The summed E-state index contributed by atoms with van der Waals surface area (Å²) in [6, 6.07) is 27.8. The summed E-state index contributed by atoms with van der Waals surface area (Å²) in [4.78, 5) is 9.88. The van der Waals surface area contributed by atoms with Gasteiger partial charge in [0.05, 0.1) is 23.6 Å². The molecule has 0 saturated heterocycles. The summed E-state index contributed by atoms with van der Waals surface area (Å²) < 4.78 is 7.71. The van der Waals surface area contributed by atoms with Gasteiger partial charge >= 0.3 is 0 Å². The van der Waals surface area contributed by atoms with Crippen molar-refractivity contribution in [2.45, 2.75) is 194 Å². The maximum absolute atomic E-state index is 7.71. The molecule has 2 fully saturated rings. The number of benzene rings is 2. The molecule has 0 bridgehead atoms. The van der Waals surface area contributed by atoms with Gasteiger partial charge < -0.3 is 4.74 Å². The minimum atomic E-state index is 0.0869. The van der Waals surface area contributed by atoms with Crippen LogP contribution >= 0.6 is 0 Å². The Morgan fingerprint density at radius 3 is 1.17 bits per heavy atom. The standard InChI is InChI=1S/C56H80N2O/c1-5-9-11-13-15-19-45-25-39-53(57-41-45)47-31-35-51(36-32-47)55(49-27-21-43(17-7-3)22-28-49)59-56(50-29-23-44(18-8-4)24-30-50)52-37-33-48(34-38-52)54-40-26-46(42-58-54)20-16-14-12-10-6-2/h25-26,31-44,49-50,55-56H,5-24,27-30H2,1-4H3/t43-,44-,49-,50-,55?,56?. The van der Waals surface area contributed by atoms with E-state index in [0.29, 0.717) is 11.8 Å². The molecule has 2 atom stereocenters. The molecule has 59 heavy (non-hydrogen) atoms. The second kappa shape index (κ2) is 24.8. The Kier molecular flexibility index (Phi) is 19.0. The predicted octanol–water partition coefficient (Wildman–Crippen LogP) is 16.8. The molecule has 2 unspecified atom stereocenters. The van der Waals surface area contributed by atoms with Crippen molar-refractivity contribution in [3.05, 3.63) is 107 Å². The summed E-state index contributed by atoms with van der Waals surface area (Å²) in [5.74, 6) is 2.82. The van der Waals surface area contributed by atoms with Crippen molar-refractivity contribution in [1.82, 2.24) is 9.97 Å². The third-order valence-electron chi connectivity index (χ3n) is 14.2. The van der Waals surface area contributed by atoms with Gasteiger partial charge in [0.1, 0.15) is 0 Å². The fourth-order valence-electron chi connectivity index (χ4n) is 10.5. The lowest BCUT2D eigenvalue weighted by Crippen LogP contribution is -2.28. The molecule has 6 rings (SSSR count). The van der Waals surface area contributed by atoms with Crippen molar-refractivity contribution in [3.8, 4) is 22.5 Å². The summed E-state index contributed by atoms with van der Waals surface area (Å²) in [5.41, 5.74) is 9.92. The molecule has 2 aromatic heterocycles. The van der Waals surface area contributed by atoms with Crippen LogP contribution in [0.1, 0.15) is 203 Å². The number of ether oxygens (including phenoxy) is 1. The van der Waals surface area contributed by atoms with E-state index in [4.69, 9.17) is 14.7 Å². The van der Waals surface area contributed by atoms with Gasteiger partial charge in [0, 0.05) is 23.5 Å². The van der Waals surface area contributed by atoms with Crippen molar-refractivity contribution in [2.24, 2.45) is 23.7 Å². The second-order valence-electron chi connectivity index (χ2n) is 18.8. The first-order valence-electron chi connectivity index (χ1n) is 24.8. The monoisotopic (exact) mass is 797 g/mol. The number of rotatable bonds is 24. The van der Waals surface area contributed by atoms with Crippen molar-refractivity contribution in [2.75, 3.05) is 0 Å². The first kappa shape index (κ1) is 45.2. The first-order chi connectivity index (χ1) is 29.1. The number of nitrogens with zero attached hydrogens (tertiary/aromatic N) is 2. The zero-order valence-electron chi connectivity index (χ0n) is 37.8. The Labute approximate surface area is 361 Å². The van der Waals surface area contributed by atoms with Gasteiger partial charge in [-0.05, 0) is 109 Å². The van der Waals surface area contributed by atoms with Gasteiger partial charge in [0.15, 0.2) is 0 Å². The van der Waals surface area contributed by atoms with E-state index in [1.807, 2.05) is 0 Å². The molecule has 0 amide bonds. The van der Waals surface area contributed by atoms with Crippen LogP contribution < -0.4 is 0 Å².